The van der Waals surface area contributed by atoms with Crippen LogP contribution in [0.4, 0.5) is 11.4 Å². The van der Waals surface area contributed by atoms with Gasteiger partial charge in [-0.1, -0.05) is 13.0 Å². The van der Waals surface area contributed by atoms with E-state index in [0.29, 0.717) is 6.54 Å². The topological polar surface area (TPSA) is 68.1 Å². The number of aromatic nitrogens is 1. The van der Waals surface area contributed by atoms with Crippen molar-refractivity contribution in [3.63, 3.8) is 0 Å². The average Bonchev–Trinajstić information content (AvgIpc) is 2.46. The largest absolute Gasteiger partial charge is 0.379 e. The lowest BCUT2D eigenvalue weighted by atomic mass is 10.1. The van der Waals surface area contributed by atoms with Crippen LogP contribution in [-0.4, -0.2) is 9.91 Å². The highest BCUT2D eigenvalue weighted by Crippen LogP contribution is 2.24. The lowest BCUT2D eigenvalue weighted by molar-refractivity contribution is -0.384. The van der Waals surface area contributed by atoms with Gasteiger partial charge >= 0.3 is 0 Å². The molecule has 1 aromatic heterocycles. The number of hydrogen-bond donors (Lipinski definition) is 1. The van der Waals surface area contributed by atoms with Crippen molar-refractivity contribution < 1.29 is 4.92 Å². The number of pyridine rings is 1. The van der Waals surface area contributed by atoms with Gasteiger partial charge in [-0.3, -0.25) is 15.1 Å². The van der Waals surface area contributed by atoms with Gasteiger partial charge in [0.25, 0.3) is 5.69 Å². The molecule has 0 aliphatic carbocycles. The Morgan fingerprint density at radius 3 is 2.85 bits per heavy atom. The van der Waals surface area contributed by atoms with E-state index in [0.717, 1.165) is 21.4 Å². The quantitative estimate of drug-likeness (QED) is 0.485. The zero-order valence-electron chi connectivity index (χ0n) is 11.0. The number of anilines is 1. The Balaban J connectivity index is 2.13. The molecule has 0 aliphatic rings. The number of non-ortho nitro benzene ring substituents is 1. The summed E-state index contributed by atoms with van der Waals surface area (Å²) in [5.74, 6) is 0. The van der Waals surface area contributed by atoms with Crippen LogP contribution in [0, 0.1) is 13.7 Å². The first kappa shape index (κ1) is 14.7. The highest BCUT2D eigenvalue weighted by molar-refractivity contribution is 14.1. The zero-order chi connectivity index (χ0) is 14.5. The van der Waals surface area contributed by atoms with Gasteiger partial charge in [0.15, 0.2) is 0 Å². The number of rotatable bonds is 5. The van der Waals surface area contributed by atoms with Crippen molar-refractivity contribution in [2.24, 2.45) is 0 Å². The molecule has 0 bridgehead atoms. The molecule has 1 N–H and O–H groups in total. The number of benzene rings is 1. The fourth-order valence-corrected chi connectivity index (χ4v) is 2.58. The summed E-state index contributed by atoms with van der Waals surface area (Å²) in [4.78, 5) is 14.7. The smallest absolute Gasteiger partial charge is 0.270 e. The minimum absolute atomic E-state index is 0.104. The van der Waals surface area contributed by atoms with Crippen LogP contribution < -0.4 is 5.32 Å². The zero-order valence-corrected chi connectivity index (χ0v) is 13.1. The lowest BCUT2D eigenvalue weighted by Crippen LogP contribution is -2.06. The van der Waals surface area contributed by atoms with Crippen molar-refractivity contribution in [2.45, 2.75) is 19.9 Å². The molecule has 104 valence electrons. The first-order chi connectivity index (χ1) is 9.61. The van der Waals surface area contributed by atoms with E-state index in [4.69, 9.17) is 0 Å². The number of nitrogens with one attached hydrogen (secondary N) is 1. The predicted molar refractivity (Wildman–Crippen MR) is 86.8 cm³/mol. The Labute approximate surface area is 130 Å². The Kier molecular flexibility index (Phi) is 4.89. The molecule has 0 amide bonds. The third-order valence-electron chi connectivity index (χ3n) is 2.98. The van der Waals surface area contributed by atoms with Crippen LogP contribution in [0.1, 0.15) is 18.2 Å². The van der Waals surface area contributed by atoms with Crippen molar-refractivity contribution in [1.82, 2.24) is 4.98 Å². The molecule has 1 heterocycles. The van der Waals surface area contributed by atoms with Gasteiger partial charge in [0.2, 0.25) is 0 Å². The summed E-state index contributed by atoms with van der Waals surface area (Å²) in [5.41, 5.74) is 3.19. The van der Waals surface area contributed by atoms with E-state index in [1.807, 2.05) is 6.07 Å². The van der Waals surface area contributed by atoms with Crippen molar-refractivity contribution >= 4 is 34.0 Å². The molecule has 5 nitrogen and oxygen atoms in total. The normalized spacial score (nSPS) is 10.3. The molecule has 0 fully saturated rings. The summed E-state index contributed by atoms with van der Waals surface area (Å²) in [5, 5.41) is 14.0. The van der Waals surface area contributed by atoms with Gasteiger partial charge in [0.1, 0.15) is 0 Å². The van der Waals surface area contributed by atoms with Crippen LogP contribution >= 0.6 is 22.6 Å². The van der Waals surface area contributed by atoms with E-state index in [2.05, 4.69) is 45.9 Å². The minimum atomic E-state index is -0.389. The number of aryl methyl sites for hydroxylation is 1. The van der Waals surface area contributed by atoms with Crippen molar-refractivity contribution in [3.05, 3.63) is 61.5 Å². The van der Waals surface area contributed by atoms with E-state index in [-0.39, 0.29) is 10.6 Å². The SMILES string of the molecule is CCc1cccnc1CNc1ccc([N+](=O)[O-])cc1I. The van der Waals surface area contributed by atoms with Crippen molar-refractivity contribution in [2.75, 3.05) is 5.32 Å². The number of halogens is 1. The van der Waals surface area contributed by atoms with Crippen LogP contribution in [-0.2, 0) is 13.0 Å². The van der Waals surface area contributed by atoms with Crippen molar-refractivity contribution in [1.29, 1.82) is 0 Å². The first-order valence-corrected chi connectivity index (χ1v) is 7.30. The van der Waals surface area contributed by atoms with Gasteiger partial charge in [-0.2, -0.15) is 0 Å². The van der Waals surface area contributed by atoms with Gasteiger partial charge < -0.3 is 5.32 Å². The molecule has 20 heavy (non-hydrogen) atoms. The van der Waals surface area contributed by atoms with Crippen LogP contribution in [0.5, 0.6) is 0 Å². The second-order valence-electron chi connectivity index (χ2n) is 4.24. The Hall–Kier alpha value is -1.70. The minimum Gasteiger partial charge on any atom is -0.379 e. The van der Waals surface area contributed by atoms with Gasteiger partial charge in [0.05, 0.1) is 17.2 Å². The predicted octanol–water partition coefficient (Wildman–Crippen LogP) is 3.77. The molecular weight excluding hydrogens is 369 g/mol. The Morgan fingerprint density at radius 1 is 1.40 bits per heavy atom. The first-order valence-electron chi connectivity index (χ1n) is 6.22. The molecule has 1 aromatic carbocycles. The monoisotopic (exact) mass is 383 g/mol. The number of nitro benzene ring substituents is 1. The van der Waals surface area contributed by atoms with E-state index >= 15 is 0 Å². The Morgan fingerprint density at radius 2 is 2.20 bits per heavy atom. The molecule has 0 radical (unpaired) electrons. The second-order valence-corrected chi connectivity index (χ2v) is 5.40. The Bertz CT molecular complexity index is 632. The maximum atomic E-state index is 10.7. The van der Waals surface area contributed by atoms with Gasteiger partial charge in [0, 0.05) is 27.6 Å². The summed E-state index contributed by atoms with van der Waals surface area (Å²) < 4.78 is 0.825. The van der Waals surface area contributed by atoms with E-state index in [1.165, 1.54) is 11.6 Å². The molecule has 0 unspecified atom stereocenters. The molecular formula is C14H14IN3O2. The van der Waals surface area contributed by atoms with Gasteiger partial charge in [-0.25, -0.2) is 0 Å². The standard InChI is InChI=1S/C14H14IN3O2/c1-2-10-4-3-7-16-14(10)9-17-13-6-5-11(18(19)20)8-12(13)15/h3-8,17H,2,9H2,1H3. The molecule has 0 saturated carbocycles. The van der Waals surface area contributed by atoms with E-state index < -0.39 is 0 Å². The maximum Gasteiger partial charge on any atom is 0.270 e. The number of nitrogens with zero attached hydrogens (tertiary/aromatic N) is 2. The lowest BCUT2D eigenvalue weighted by Gasteiger charge is -2.10. The molecule has 2 aromatic rings. The van der Waals surface area contributed by atoms with Gasteiger partial charge in [-0.05, 0) is 46.7 Å². The van der Waals surface area contributed by atoms with Crippen LogP contribution in [0.2, 0.25) is 0 Å². The third-order valence-corrected chi connectivity index (χ3v) is 3.87. The molecule has 0 saturated heterocycles. The summed E-state index contributed by atoms with van der Waals surface area (Å²) in [7, 11) is 0. The number of hydrogen-bond acceptors (Lipinski definition) is 4. The van der Waals surface area contributed by atoms with Gasteiger partial charge in [-0.15, -0.1) is 0 Å². The highest BCUT2D eigenvalue weighted by atomic mass is 127. The fraction of sp³-hybridized carbons (Fsp3) is 0.214. The molecule has 0 aliphatic heterocycles. The van der Waals surface area contributed by atoms with E-state index in [1.54, 1.807) is 18.3 Å². The second kappa shape index (κ2) is 6.65. The van der Waals surface area contributed by atoms with E-state index in [9.17, 15) is 10.1 Å². The third kappa shape index (κ3) is 3.44. The summed E-state index contributed by atoms with van der Waals surface area (Å²) in [6.45, 7) is 2.70. The summed E-state index contributed by atoms with van der Waals surface area (Å²) in [6.07, 6.45) is 2.71. The van der Waals surface area contributed by atoms with Crippen LogP contribution in [0.3, 0.4) is 0 Å². The highest BCUT2D eigenvalue weighted by Gasteiger charge is 2.09. The molecule has 0 atom stereocenters. The summed E-state index contributed by atoms with van der Waals surface area (Å²) in [6, 6.07) is 8.78. The average molecular weight is 383 g/mol. The fourth-order valence-electron chi connectivity index (χ4n) is 1.89. The van der Waals surface area contributed by atoms with Crippen molar-refractivity contribution in [3.8, 4) is 0 Å². The number of nitro groups is 1. The summed E-state index contributed by atoms with van der Waals surface area (Å²) >= 11 is 2.09. The molecule has 0 spiro atoms. The molecule has 2 rings (SSSR count). The van der Waals surface area contributed by atoms with Crippen LogP contribution in [0.25, 0.3) is 0 Å². The van der Waals surface area contributed by atoms with Crippen LogP contribution in [0.15, 0.2) is 36.5 Å². The maximum absolute atomic E-state index is 10.7. The molecule has 6 heteroatoms.